The molecule has 0 aromatic carbocycles. The van der Waals surface area contributed by atoms with Crippen LogP contribution in [0, 0.1) is 5.92 Å². The Morgan fingerprint density at radius 2 is 2.40 bits per heavy atom. The van der Waals surface area contributed by atoms with Gasteiger partial charge in [-0.05, 0) is 5.92 Å². The van der Waals surface area contributed by atoms with E-state index in [2.05, 4.69) is 4.98 Å². The molecule has 3 N–H and O–H groups in total. The van der Waals surface area contributed by atoms with Crippen LogP contribution in [0.3, 0.4) is 0 Å². The van der Waals surface area contributed by atoms with Gasteiger partial charge in [-0.1, -0.05) is 6.92 Å². The van der Waals surface area contributed by atoms with Crippen LogP contribution in [-0.2, 0) is 18.3 Å². The fourth-order valence-electron chi connectivity index (χ4n) is 1.42. The maximum absolute atomic E-state index is 10.6. The van der Waals surface area contributed by atoms with Crippen LogP contribution in [0.5, 0.6) is 0 Å². The summed E-state index contributed by atoms with van der Waals surface area (Å²) < 4.78 is 1.90. The largest absolute Gasteiger partial charge is 0.392 e. The van der Waals surface area contributed by atoms with Crippen LogP contribution < -0.4 is 5.73 Å². The topological polar surface area (TPSA) is 81.1 Å². The molecule has 1 aromatic heterocycles. The number of nitrogens with two attached hydrogens (primary N) is 1. The van der Waals surface area contributed by atoms with E-state index >= 15 is 0 Å². The van der Waals surface area contributed by atoms with Gasteiger partial charge in [0.05, 0.1) is 12.5 Å². The average molecular weight is 211 g/mol. The molecule has 5 heteroatoms. The molecule has 0 bridgehead atoms. The Morgan fingerprint density at radius 3 is 2.87 bits per heavy atom. The Bertz CT molecular complexity index is 335. The molecule has 0 saturated heterocycles. The smallest absolute Gasteiger partial charge is 0.220 e. The molecule has 0 aliphatic heterocycles. The van der Waals surface area contributed by atoms with Crippen molar-refractivity contribution in [3.05, 3.63) is 18.2 Å². The van der Waals surface area contributed by atoms with Gasteiger partial charge in [-0.3, -0.25) is 4.79 Å². The highest BCUT2D eigenvalue weighted by molar-refractivity contribution is 5.74. The van der Waals surface area contributed by atoms with E-state index in [1.807, 2.05) is 24.7 Å². The molecule has 0 fully saturated rings. The van der Waals surface area contributed by atoms with Crippen molar-refractivity contribution in [2.75, 3.05) is 0 Å². The number of rotatable bonds is 5. The summed E-state index contributed by atoms with van der Waals surface area (Å²) in [6.07, 6.45) is 3.51. The van der Waals surface area contributed by atoms with Crippen molar-refractivity contribution in [2.45, 2.75) is 25.9 Å². The van der Waals surface area contributed by atoms with Gasteiger partial charge in [-0.2, -0.15) is 0 Å². The van der Waals surface area contributed by atoms with Crippen molar-refractivity contribution in [1.29, 1.82) is 0 Å². The molecule has 1 amide bonds. The van der Waals surface area contributed by atoms with Crippen LogP contribution >= 0.6 is 0 Å². The van der Waals surface area contributed by atoms with E-state index in [0.717, 1.165) is 5.82 Å². The number of aliphatic hydroxyl groups excluding tert-OH is 1. The van der Waals surface area contributed by atoms with E-state index in [9.17, 15) is 9.90 Å². The Hall–Kier alpha value is -1.36. The highest BCUT2D eigenvalue weighted by atomic mass is 16.3. The predicted molar refractivity (Wildman–Crippen MR) is 55.9 cm³/mol. The number of hydrogen-bond acceptors (Lipinski definition) is 3. The predicted octanol–water partition coefficient (Wildman–Crippen LogP) is -0.165. The number of aryl methyl sites for hydroxylation is 1. The minimum Gasteiger partial charge on any atom is -0.392 e. The lowest BCUT2D eigenvalue weighted by Gasteiger charge is -2.16. The third-order valence-electron chi connectivity index (χ3n) is 2.49. The standard InChI is InChI=1S/C10H17N3O2/c1-7(8(14)6-9(11)15)5-10-12-3-4-13(10)2/h3-4,7-8,14H,5-6H2,1-2H3,(H2,11,15)/t7-,8+/m1/s1. The van der Waals surface area contributed by atoms with Gasteiger partial charge < -0.3 is 15.4 Å². The maximum Gasteiger partial charge on any atom is 0.220 e. The lowest BCUT2D eigenvalue weighted by molar-refractivity contribution is -0.120. The maximum atomic E-state index is 10.6. The molecule has 0 unspecified atom stereocenters. The van der Waals surface area contributed by atoms with Crippen molar-refractivity contribution < 1.29 is 9.90 Å². The van der Waals surface area contributed by atoms with Crippen molar-refractivity contribution in [3.8, 4) is 0 Å². The lowest BCUT2D eigenvalue weighted by atomic mass is 9.98. The second-order valence-corrected chi connectivity index (χ2v) is 3.87. The number of carbonyl (C=O) groups is 1. The molecule has 15 heavy (non-hydrogen) atoms. The van der Waals surface area contributed by atoms with E-state index in [4.69, 9.17) is 5.73 Å². The van der Waals surface area contributed by atoms with E-state index in [0.29, 0.717) is 6.42 Å². The zero-order valence-corrected chi connectivity index (χ0v) is 9.05. The summed E-state index contributed by atoms with van der Waals surface area (Å²) in [7, 11) is 1.90. The van der Waals surface area contributed by atoms with Gasteiger partial charge in [0.25, 0.3) is 0 Å². The zero-order chi connectivity index (χ0) is 11.4. The van der Waals surface area contributed by atoms with Crippen molar-refractivity contribution >= 4 is 5.91 Å². The first kappa shape index (κ1) is 11.7. The summed E-state index contributed by atoms with van der Waals surface area (Å²) in [5, 5.41) is 9.64. The average Bonchev–Trinajstić information content (AvgIpc) is 2.50. The first-order valence-corrected chi connectivity index (χ1v) is 4.93. The van der Waals surface area contributed by atoms with Crippen molar-refractivity contribution in [1.82, 2.24) is 9.55 Å². The number of hydrogen-bond donors (Lipinski definition) is 2. The van der Waals surface area contributed by atoms with Crippen LogP contribution in [-0.4, -0.2) is 26.7 Å². The van der Waals surface area contributed by atoms with Gasteiger partial charge in [0.2, 0.25) is 5.91 Å². The van der Waals surface area contributed by atoms with Crippen LogP contribution in [0.4, 0.5) is 0 Å². The summed E-state index contributed by atoms with van der Waals surface area (Å²) in [5.74, 6) is 0.388. The molecule has 84 valence electrons. The van der Waals surface area contributed by atoms with Crippen molar-refractivity contribution in [3.63, 3.8) is 0 Å². The summed E-state index contributed by atoms with van der Waals surface area (Å²) in [6.45, 7) is 1.88. The molecular formula is C10H17N3O2. The van der Waals surface area contributed by atoms with Gasteiger partial charge in [0.1, 0.15) is 5.82 Å². The lowest BCUT2D eigenvalue weighted by Crippen LogP contribution is -2.27. The quantitative estimate of drug-likeness (QED) is 0.709. The number of aliphatic hydroxyl groups is 1. The fourth-order valence-corrected chi connectivity index (χ4v) is 1.42. The number of carbonyl (C=O) groups excluding carboxylic acids is 1. The number of aromatic nitrogens is 2. The first-order chi connectivity index (χ1) is 7.00. The fraction of sp³-hybridized carbons (Fsp3) is 0.600. The van der Waals surface area contributed by atoms with Crippen molar-refractivity contribution in [2.24, 2.45) is 18.7 Å². The second-order valence-electron chi connectivity index (χ2n) is 3.87. The highest BCUT2D eigenvalue weighted by Crippen LogP contribution is 2.12. The summed E-state index contributed by atoms with van der Waals surface area (Å²) >= 11 is 0. The second kappa shape index (κ2) is 4.93. The summed E-state index contributed by atoms with van der Waals surface area (Å²) in [6, 6.07) is 0. The minimum absolute atomic E-state index is 0.00555. The molecule has 0 aliphatic rings. The van der Waals surface area contributed by atoms with Gasteiger partial charge in [0, 0.05) is 25.9 Å². The Kier molecular flexibility index (Phi) is 3.85. The van der Waals surface area contributed by atoms with E-state index in [1.54, 1.807) is 6.20 Å². The van der Waals surface area contributed by atoms with Gasteiger partial charge >= 0.3 is 0 Å². The summed E-state index contributed by atoms with van der Waals surface area (Å²) in [4.78, 5) is 14.8. The highest BCUT2D eigenvalue weighted by Gasteiger charge is 2.18. The normalized spacial score (nSPS) is 14.9. The number of imidazole rings is 1. The monoisotopic (exact) mass is 211 g/mol. The Balaban J connectivity index is 2.52. The Morgan fingerprint density at radius 1 is 1.73 bits per heavy atom. The van der Waals surface area contributed by atoms with Crippen LogP contribution in [0.1, 0.15) is 19.2 Å². The molecular weight excluding hydrogens is 194 g/mol. The zero-order valence-electron chi connectivity index (χ0n) is 9.05. The summed E-state index contributed by atoms with van der Waals surface area (Å²) in [5.41, 5.74) is 5.01. The third kappa shape index (κ3) is 3.36. The van der Waals surface area contributed by atoms with Crippen LogP contribution in [0.25, 0.3) is 0 Å². The molecule has 1 aromatic rings. The van der Waals surface area contributed by atoms with E-state index < -0.39 is 12.0 Å². The molecule has 2 atom stereocenters. The molecule has 1 heterocycles. The third-order valence-corrected chi connectivity index (χ3v) is 2.49. The Labute approximate surface area is 88.9 Å². The SMILES string of the molecule is C[C@H](Cc1nccn1C)[C@@H](O)CC(N)=O. The van der Waals surface area contributed by atoms with Crippen LogP contribution in [0.15, 0.2) is 12.4 Å². The number of primary amides is 1. The molecule has 1 rings (SSSR count). The number of amides is 1. The minimum atomic E-state index is -0.695. The molecule has 0 aliphatic carbocycles. The van der Waals surface area contributed by atoms with E-state index in [-0.39, 0.29) is 12.3 Å². The van der Waals surface area contributed by atoms with Gasteiger partial charge in [-0.25, -0.2) is 4.98 Å². The first-order valence-electron chi connectivity index (χ1n) is 4.93. The van der Waals surface area contributed by atoms with Crippen LogP contribution in [0.2, 0.25) is 0 Å². The van der Waals surface area contributed by atoms with Gasteiger partial charge in [0.15, 0.2) is 0 Å². The molecule has 5 nitrogen and oxygen atoms in total. The van der Waals surface area contributed by atoms with Gasteiger partial charge in [-0.15, -0.1) is 0 Å². The van der Waals surface area contributed by atoms with E-state index in [1.165, 1.54) is 0 Å². The molecule has 0 spiro atoms. The molecule has 0 saturated carbocycles. The number of nitrogens with zero attached hydrogens (tertiary/aromatic N) is 2. The molecule has 0 radical (unpaired) electrons.